The summed E-state index contributed by atoms with van der Waals surface area (Å²) in [6.07, 6.45) is 0. The minimum absolute atomic E-state index is 0.118. The monoisotopic (exact) mass is 381 g/mol. The Kier molecular flexibility index (Phi) is 5.52. The van der Waals surface area contributed by atoms with Crippen LogP contribution in [0.25, 0.3) is 11.3 Å². The number of hydrogen-bond donors (Lipinski definition) is 2. The number of benzene rings is 2. The fourth-order valence-electron chi connectivity index (χ4n) is 2.56. The van der Waals surface area contributed by atoms with Crippen molar-refractivity contribution in [3.05, 3.63) is 59.0 Å². The molecule has 0 atom stereocenters. The first-order valence-corrected chi connectivity index (χ1v) is 9.14. The molecule has 1 aromatic heterocycles. The van der Waals surface area contributed by atoms with Gasteiger partial charge in [0.25, 0.3) is 5.91 Å². The number of ether oxygens (including phenoxy) is 1. The van der Waals surface area contributed by atoms with E-state index in [4.69, 9.17) is 4.74 Å². The highest BCUT2D eigenvalue weighted by atomic mass is 32.1. The zero-order valence-electron chi connectivity index (χ0n) is 15.2. The molecule has 0 radical (unpaired) electrons. The summed E-state index contributed by atoms with van der Waals surface area (Å²) >= 11 is 1.35. The summed E-state index contributed by atoms with van der Waals surface area (Å²) in [5, 5.41) is 7.92. The second-order valence-corrected chi connectivity index (χ2v) is 6.81. The highest BCUT2D eigenvalue weighted by molar-refractivity contribution is 7.14. The van der Waals surface area contributed by atoms with E-state index in [0.29, 0.717) is 16.4 Å². The SMILES string of the molecule is COc1ccc(C)cc1C(=O)Nc1nc(-c2ccc(NC(C)=O)cc2)cs1. The first-order valence-electron chi connectivity index (χ1n) is 8.26. The van der Waals surface area contributed by atoms with E-state index in [2.05, 4.69) is 15.6 Å². The summed E-state index contributed by atoms with van der Waals surface area (Å²) in [6, 6.07) is 12.8. The molecule has 0 saturated carbocycles. The van der Waals surface area contributed by atoms with Gasteiger partial charge in [-0.25, -0.2) is 4.98 Å². The predicted octanol–water partition coefficient (Wildman–Crippen LogP) is 4.34. The summed E-state index contributed by atoms with van der Waals surface area (Å²) in [6.45, 7) is 3.38. The van der Waals surface area contributed by atoms with Gasteiger partial charge in [0, 0.05) is 23.6 Å². The van der Waals surface area contributed by atoms with Crippen LogP contribution in [0.4, 0.5) is 10.8 Å². The average Bonchev–Trinajstić information content (AvgIpc) is 3.10. The van der Waals surface area contributed by atoms with Gasteiger partial charge >= 0.3 is 0 Å². The van der Waals surface area contributed by atoms with Crippen molar-refractivity contribution < 1.29 is 14.3 Å². The zero-order valence-corrected chi connectivity index (χ0v) is 16.0. The van der Waals surface area contributed by atoms with E-state index in [1.807, 2.05) is 42.6 Å². The molecular formula is C20H19N3O3S. The van der Waals surface area contributed by atoms with Crippen molar-refractivity contribution in [3.63, 3.8) is 0 Å². The first-order chi connectivity index (χ1) is 13.0. The minimum atomic E-state index is -0.266. The van der Waals surface area contributed by atoms with Gasteiger partial charge < -0.3 is 10.1 Å². The normalized spacial score (nSPS) is 10.3. The summed E-state index contributed by atoms with van der Waals surface area (Å²) in [7, 11) is 1.54. The van der Waals surface area contributed by atoms with Gasteiger partial charge in [0.2, 0.25) is 5.91 Å². The molecule has 27 heavy (non-hydrogen) atoms. The molecule has 0 bridgehead atoms. The van der Waals surface area contributed by atoms with Gasteiger partial charge in [-0.3, -0.25) is 14.9 Å². The third-order valence-electron chi connectivity index (χ3n) is 3.83. The fourth-order valence-corrected chi connectivity index (χ4v) is 3.27. The van der Waals surface area contributed by atoms with Crippen LogP contribution in [0.1, 0.15) is 22.8 Å². The van der Waals surface area contributed by atoms with Crippen LogP contribution in [0, 0.1) is 6.92 Å². The predicted molar refractivity (Wildman–Crippen MR) is 108 cm³/mol. The Morgan fingerprint density at radius 2 is 1.81 bits per heavy atom. The van der Waals surface area contributed by atoms with Crippen LogP contribution >= 0.6 is 11.3 Å². The zero-order chi connectivity index (χ0) is 19.4. The van der Waals surface area contributed by atoms with Crippen LogP contribution in [0.2, 0.25) is 0 Å². The van der Waals surface area contributed by atoms with E-state index in [9.17, 15) is 9.59 Å². The Bertz CT molecular complexity index is 980. The minimum Gasteiger partial charge on any atom is -0.496 e. The lowest BCUT2D eigenvalue weighted by Gasteiger charge is -2.08. The first kappa shape index (κ1) is 18.6. The van der Waals surface area contributed by atoms with Crippen LogP contribution in [0.15, 0.2) is 47.8 Å². The van der Waals surface area contributed by atoms with Crippen LogP contribution in [0.5, 0.6) is 5.75 Å². The maximum absolute atomic E-state index is 12.6. The third kappa shape index (κ3) is 4.51. The molecule has 138 valence electrons. The van der Waals surface area contributed by atoms with Gasteiger partial charge in [0.1, 0.15) is 5.75 Å². The molecule has 2 amide bonds. The number of rotatable bonds is 5. The smallest absolute Gasteiger partial charge is 0.261 e. The van der Waals surface area contributed by atoms with E-state index in [0.717, 1.165) is 22.5 Å². The van der Waals surface area contributed by atoms with E-state index < -0.39 is 0 Å². The summed E-state index contributed by atoms with van der Waals surface area (Å²) in [4.78, 5) is 28.1. The molecule has 0 aliphatic heterocycles. The quantitative estimate of drug-likeness (QED) is 0.689. The van der Waals surface area contributed by atoms with E-state index >= 15 is 0 Å². The number of anilines is 2. The average molecular weight is 381 g/mol. The maximum atomic E-state index is 12.6. The number of aryl methyl sites for hydroxylation is 1. The molecule has 6 nitrogen and oxygen atoms in total. The van der Waals surface area contributed by atoms with Crippen molar-refractivity contribution in [3.8, 4) is 17.0 Å². The lowest BCUT2D eigenvalue weighted by atomic mass is 10.1. The summed E-state index contributed by atoms with van der Waals surface area (Å²) in [5.74, 6) is 0.133. The number of hydrogen-bond acceptors (Lipinski definition) is 5. The molecule has 2 N–H and O–H groups in total. The Labute approximate surface area is 161 Å². The van der Waals surface area contributed by atoms with Gasteiger partial charge in [-0.15, -0.1) is 11.3 Å². The topological polar surface area (TPSA) is 80.3 Å². The molecule has 0 aliphatic rings. The molecule has 2 aromatic carbocycles. The lowest BCUT2D eigenvalue weighted by Crippen LogP contribution is -2.13. The Balaban J connectivity index is 1.75. The molecule has 0 fully saturated rings. The standard InChI is InChI=1S/C20H19N3O3S/c1-12-4-9-18(26-3)16(10-12)19(25)23-20-22-17(11-27-20)14-5-7-15(8-6-14)21-13(2)24/h4-11H,1-3H3,(H,21,24)(H,22,23,25). The number of carbonyl (C=O) groups is 2. The Morgan fingerprint density at radius 1 is 1.07 bits per heavy atom. The van der Waals surface area contributed by atoms with Gasteiger partial charge in [-0.05, 0) is 31.2 Å². The number of nitrogens with one attached hydrogen (secondary N) is 2. The second-order valence-electron chi connectivity index (χ2n) is 5.95. The summed E-state index contributed by atoms with van der Waals surface area (Å²) < 4.78 is 5.26. The molecule has 7 heteroatoms. The Morgan fingerprint density at radius 3 is 2.48 bits per heavy atom. The largest absolute Gasteiger partial charge is 0.496 e. The van der Waals surface area contributed by atoms with Crippen molar-refractivity contribution in [1.29, 1.82) is 0 Å². The van der Waals surface area contributed by atoms with Crippen LogP contribution in [0.3, 0.4) is 0 Å². The molecule has 0 aliphatic carbocycles. The van der Waals surface area contributed by atoms with E-state index in [1.54, 1.807) is 12.1 Å². The highest BCUT2D eigenvalue weighted by Crippen LogP contribution is 2.27. The van der Waals surface area contributed by atoms with Gasteiger partial charge in [0.05, 0.1) is 18.4 Å². The van der Waals surface area contributed by atoms with Crippen LogP contribution in [-0.4, -0.2) is 23.9 Å². The molecule has 3 rings (SSSR count). The van der Waals surface area contributed by atoms with Gasteiger partial charge in [0.15, 0.2) is 5.13 Å². The van der Waals surface area contributed by atoms with E-state index in [-0.39, 0.29) is 11.8 Å². The second kappa shape index (κ2) is 8.01. The molecule has 1 heterocycles. The number of methoxy groups -OCH3 is 1. The van der Waals surface area contributed by atoms with Crippen LogP contribution < -0.4 is 15.4 Å². The molecule has 0 saturated heterocycles. The third-order valence-corrected chi connectivity index (χ3v) is 4.58. The van der Waals surface area contributed by atoms with Crippen molar-refractivity contribution >= 4 is 34.0 Å². The number of thiazole rings is 1. The summed E-state index contributed by atoms with van der Waals surface area (Å²) in [5.41, 5.74) is 3.81. The van der Waals surface area contributed by atoms with Crippen molar-refractivity contribution in [2.24, 2.45) is 0 Å². The van der Waals surface area contributed by atoms with E-state index in [1.165, 1.54) is 25.4 Å². The number of amides is 2. The molecular weight excluding hydrogens is 362 g/mol. The van der Waals surface area contributed by atoms with Crippen molar-refractivity contribution in [2.75, 3.05) is 17.7 Å². The lowest BCUT2D eigenvalue weighted by molar-refractivity contribution is -0.114. The van der Waals surface area contributed by atoms with Gasteiger partial charge in [-0.2, -0.15) is 0 Å². The number of carbonyl (C=O) groups excluding carboxylic acids is 2. The van der Waals surface area contributed by atoms with Crippen LogP contribution in [-0.2, 0) is 4.79 Å². The van der Waals surface area contributed by atoms with Crippen molar-refractivity contribution in [2.45, 2.75) is 13.8 Å². The van der Waals surface area contributed by atoms with Crippen molar-refractivity contribution in [1.82, 2.24) is 4.98 Å². The fraction of sp³-hybridized carbons (Fsp3) is 0.150. The Hall–Kier alpha value is -3.19. The molecule has 0 spiro atoms. The molecule has 0 unspecified atom stereocenters. The molecule has 3 aromatic rings. The highest BCUT2D eigenvalue weighted by Gasteiger charge is 2.15. The maximum Gasteiger partial charge on any atom is 0.261 e. The number of aromatic nitrogens is 1. The number of nitrogens with zero attached hydrogens (tertiary/aromatic N) is 1. The van der Waals surface area contributed by atoms with Gasteiger partial charge in [-0.1, -0.05) is 23.8 Å².